The molecule has 0 radical (unpaired) electrons. The maximum atomic E-state index is 11.0. The van der Waals surface area contributed by atoms with Gasteiger partial charge in [0.15, 0.2) is 0 Å². The van der Waals surface area contributed by atoms with Gasteiger partial charge in [0.2, 0.25) is 11.8 Å². The number of hydrogen-bond donors (Lipinski definition) is 0. The van der Waals surface area contributed by atoms with Crippen molar-refractivity contribution in [2.24, 2.45) is 0 Å². The molecule has 0 amide bonds. The Morgan fingerprint density at radius 2 is 1.62 bits per heavy atom. The molecular formula is C7H17O3P2S+. The van der Waals surface area contributed by atoms with Crippen molar-refractivity contribution in [3.05, 3.63) is 0 Å². The van der Waals surface area contributed by atoms with Gasteiger partial charge < -0.3 is 4.57 Å². The molecule has 1 saturated heterocycles. The van der Waals surface area contributed by atoms with Crippen molar-refractivity contribution in [1.82, 2.24) is 0 Å². The molecule has 6 heteroatoms. The molecule has 1 heterocycles. The Morgan fingerprint density at radius 3 is 1.69 bits per heavy atom. The van der Waals surface area contributed by atoms with Gasteiger partial charge in [-0.15, -0.1) is 9.05 Å². The Morgan fingerprint density at radius 1 is 1.23 bits per heavy atom. The molecule has 1 aliphatic heterocycles. The molecule has 0 N–H and O–H groups in total. The maximum Gasteiger partial charge on any atom is 0.521 e. The summed E-state index contributed by atoms with van der Waals surface area (Å²) < 4.78 is 20.1. The van der Waals surface area contributed by atoms with E-state index in [1.165, 1.54) is 27.1 Å². The van der Waals surface area contributed by atoms with Gasteiger partial charge in [0, 0.05) is 12.3 Å². The molecular weight excluding hydrogens is 226 g/mol. The minimum Gasteiger partial charge on any atom is -0.324 e. The van der Waals surface area contributed by atoms with E-state index in [2.05, 4.69) is 20.9 Å². The summed E-state index contributed by atoms with van der Waals surface area (Å²) in [6.45, 7) is 1.92. The molecule has 78 valence electrons. The summed E-state index contributed by atoms with van der Waals surface area (Å²) in [6.07, 6.45) is 4.42. The van der Waals surface area contributed by atoms with Gasteiger partial charge in [0.05, 0.1) is 21.4 Å². The first-order valence-electron chi connectivity index (χ1n) is 4.13. The standard InChI is InChI=1S/C5H11OP.C2H6O2PS/c1-7(6)4-2-3-5-7;1-3-5(6)4-2/h2-5H2,1H3;1-2H3/q;+1. The minimum atomic E-state index is -1.54. The molecule has 0 aromatic carbocycles. The Labute approximate surface area is 86.2 Å². The number of rotatable bonds is 2. The van der Waals surface area contributed by atoms with Gasteiger partial charge in [-0.2, -0.15) is 0 Å². The highest BCUT2D eigenvalue weighted by atomic mass is 32.4. The Bertz CT molecular complexity index is 192. The molecule has 0 aromatic rings. The predicted molar refractivity (Wildman–Crippen MR) is 60.8 cm³/mol. The second-order valence-electron chi connectivity index (χ2n) is 3.04. The Hall–Kier alpha value is 0.670. The van der Waals surface area contributed by atoms with E-state index in [1.807, 2.05) is 6.66 Å². The third kappa shape index (κ3) is 7.72. The van der Waals surface area contributed by atoms with Gasteiger partial charge in [0.1, 0.15) is 0 Å². The van der Waals surface area contributed by atoms with Crippen LogP contribution in [-0.4, -0.2) is 33.2 Å². The Kier molecular flexibility index (Phi) is 7.39. The van der Waals surface area contributed by atoms with Gasteiger partial charge in [0.25, 0.3) is 0 Å². The lowest BCUT2D eigenvalue weighted by atomic mass is 10.4. The highest BCUT2D eigenvalue weighted by Gasteiger charge is 2.19. The topological polar surface area (TPSA) is 35.5 Å². The average molecular weight is 243 g/mol. The van der Waals surface area contributed by atoms with Crippen LogP contribution < -0.4 is 0 Å². The smallest absolute Gasteiger partial charge is 0.324 e. The molecule has 0 saturated carbocycles. The van der Waals surface area contributed by atoms with Crippen LogP contribution in [0, 0.1) is 0 Å². The van der Waals surface area contributed by atoms with Crippen LogP contribution >= 0.6 is 14.3 Å². The average Bonchev–Trinajstić information content (AvgIpc) is 2.49. The third-order valence-corrected chi connectivity index (χ3v) is 5.83. The summed E-state index contributed by atoms with van der Waals surface area (Å²) in [5.41, 5.74) is 0. The van der Waals surface area contributed by atoms with Crippen LogP contribution in [0.5, 0.6) is 0 Å². The van der Waals surface area contributed by atoms with E-state index in [0.29, 0.717) is 0 Å². The fourth-order valence-electron chi connectivity index (χ4n) is 1.08. The van der Waals surface area contributed by atoms with Crippen molar-refractivity contribution in [2.75, 3.05) is 33.2 Å². The molecule has 1 fully saturated rings. The summed E-state index contributed by atoms with van der Waals surface area (Å²) in [5, 5.41) is 0. The van der Waals surface area contributed by atoms with Crippen molar-refractivity contribution in [2.45, 2.75) is 12.8 Å². The molecule has 1 aliphatic rings. The van der Waals surface area contributed by atoms with Crippen molar-refractivity contribution < 1.29 is 13.6 Å². The van der Waals surface area contributed by atoms with E-state index in [-0.39, 0.29) is 0 Å². The Balaban J connectivity index is 0.000000226. The zero-order chi connectivity index (χ0) is 10.3. The third-order valence-electron chi connectivity index (χ3n) is 1.81. The zero-order valence-corrected chi connectivity index (χ0v) is 11.0. The molecule has 0 aromatic heterocycles. The van der Waals surface area contributed by atoms with Crippen LogP contribution in [0.2, 0.25) is 0 Å². The van der Waals surface area contributed by atoms with Gasteiger partial charge in [-0.1, -0.05) is 0 Å². The zero-order valence-electron chi connectivity index (χ0n) is 8.36. The molecule has 0 unspecified atom stereocenters. The largest absolute Gasteiger partial charge is 0.521 e. The van der Waals surface area contributed by atoms with Crippen LogP contribution in [-0.2, 0) is 25.4 Å². The lowest BCUT2D eigenvalue weighted by Gasteiger charge is -1.96. The molecule has 0 aliphatic carbocycles. The van der Waals surface area contributed by atoms with Crippen molar-refractivity contribution in [1.29, 1.82) is 0 Å². The molecule has 0 bridgehead atoms. The predicted octanol–water partition coefficient (Wildman–Crippen LogP) is 2.83. The first-order valence-corrected chi connectivity index (χ1v) is 8.84. The summed E-state index contributed by atoms with van der Waals surface area (Å²) in [4.78, 5) is 0. The first kappa shape index (κ1) is 13.7. The van der Waals surface area contributed by atoms with E-state index in [0.717, 1.165) is 12.3 Å². The molecule has 13 heavy (non-hydrogen) atoms. The van der Waals surface area contributed by atoms with Crippen LogP contribution in [0.15, 0.2) is 0 Å². The van der Waals surface area contributed by atoms with E-state index >= 15 is 0 Å². The van der Waals surface area contributed by atoms with Crippen LogP contribution in [0.25, 0.3) is 0 Å². The van der Waals surface area contributed by atoms with E-state index < -0.39 is 14.3 Å². The van der Waals surface area contributed by atoms with E-state index in [9.17, 15) is 4.57 Å². The van der Waals surface area contributed by atoms with Crippen LogP contribution in [0.4, 0.5) is 0 Å². The van der Waals surface area contributed by atoms with Gasteiger partial charge >= 0.3 is 7.15 Å². The molecule has 0 atom stereocenters. The normalized spacial score (nSPS) is 19.0. The summed E-state index contributed by atoms with van der Waals surface area (Å²) in [7, 11) is 0.524. The van der Waals surface area contributed by atoms with E-state index in [1.54, 1.807) is 0 Å². The van der Waals surface area contributed by atoms with Crippen molar-refractivity contribution >= 4 is 26.1 Å². The summed E-state index contributed by atoms with van der Waals surface area (Å²) >= 11 is 4.56. The van der Waals surface area contributed by atoms with Crippen molar-refractivity contribution in [3.8, 4) is 0 Å². The highest BCUT2D eigenvalue weighted by Crippen LogP contribution is 2.47. The second kappa shape index (κ2) is 7.03. The van der Waals surface area contributed by atoms with Crippen LogP contribution in [0.3, 0.4) is 0 Å². The molecule has 1 rings (SSSR count). The highest BCUT2D eigenvalue weighted by molar-refractivity contribution is 8.00. The SMILES string of the molecule is CO[P+](=S)OC.CP1(=O)CCCC1. The van der Waals surface area contributed by atoms with Gasteiger partial charge in [-0.05, 0) is 19.5 Å². The fraction of sp³-hybridized carbons (Fsp3) is 1.00. The summed E-state index contributed by atoms with van der Waals surface area (Å²) in [6, 6.07) is 0. The maximum absolute atomic E-state index is 11.0. The monoisotopic (exact) mass is 243 g/mol. The minimum absolute atomic E-state index is 0.993. The second-order valence-corrected chi connectivity index (χ2v) is 8.60. The number of hydrogen-bond acceptors (Lipinski definition) is 4. The van der Waals surface area contributed by atoms with Gasteiger partial charge in [-0.3, -0.25) is 0 Å². The molecule has 3 nitrogen and oxygen atoms in total. The lowest BCUT2D eigenvalue weighted by molar-refractivity contribution is 0.360. The molecule has 0 spiro atoms. The van der Waals surface area contributed by atoms with Crippen LogP contribution in [0.1, 0.15) is 12.8 Å². The lowest BCUT2D eigenvalue weighted by Crippen LogP contribution is -1.75. The van der Waals surface area contributed by atoms with Crippen molar-refractivity contribution in [3.63, 3.8) is 0 Å². The van der Waals surface area contributed by atoms with Gasteiger partial charge in [-0.25, -0.2) is 0 Å². The fourth-order valence-corrected chi connectivity index (χ4v) is 3.24. The first-order chi connectivity index (χ1) is 6.02. The van der Waals surface area contributed by atoms with E-state index in [4.69, 9.17) is 0 Å². The quantitative estimate of drug-likeness (QED) is 0.698. The summed E-state index contributed by atoms with van der Waals surface area (Å²) in [5.74, 6) is 0.